The molecule has 0 aliphatic heterocycles. The molecule has 7 aromatic rings. The van der Waals surface area contributed by atoms with Crippen LogP contribution in [0.3, 0.4) is 0 Å². The van der Waals surface area contributed by atoms with Crippen molar-refractivity contribution in [2.45, 2.75) is 40.5 Å². The van der Waals surface area contributed by atoms with Crippen LogP contribution in [0.15, 0.2) is 169 Å². The van der Waals surface area contributed by atoms with Crippen molar-refractivity contribution in [1.82, 2.24) is 0 Å². The normalized spacial score (nSPS) is 13.1. The van der Waals surface area contributed by atoms with Gasteiger partial charge in [-0.15, -0.1) is 39.7 Å². The molecule has 0 bridgehead atoms. The molecule has 0 saturated carbocycles. The number of allylic oxidation sites excluding steroid dienone is 4. The van der Waals surface area contributed by atoms with Gasteiger partial charge in [-0.2, -0.15) is 11.6 Å². The van der Waals surface area contributed by atoms with E-state index in [0.717, 1.165) is 21.2 Å². The minimum atomic E-state index is 0. The Labute approximate surface area is 364 Å². The first-order chi connectivity index (χ1) is 25.6. The largest absolute Gasteiger partial charge is 1.00 e. The second-order valence-corrected chi connectivity index (χ2v) is 16.6. The van der Waals surface area contributed by atoms with E-state index in [0.29, 0.717) is 11.3 Å². The first kappa shape index (κ1) is 44.3. The SMILES string of the molecule is CCCC1[C-]=CC(C(C)(C)C)=C1.Clc1cccc([C](=[Zr+2])c2cccc(Cl)c2)c1.[Cl-].[Cl-].c1ccc(-c2ccc3c(c2)[cH-]c2cc(-c4ccccc4)ccc23)cc1. The first-order valence-electron chi connectivity index (χ1n) is 18.2. The monoisotopic (exact) mass is 874 g/mol. The van der Waals surface area contributed by atoms with Crippen LogP contribution < -0.4 is 24.8 Å². The third-order valence-corrected chi connectivity index (χ3v) is 11.3. The molecule has 1 aliphatic carbocycles. The Kier molecular flexibility index (Phi) is 16.6. The molecular formula is C50H44Cl4Zr-2. The Morgan fingerprint density at radius 1 is 0.618 bits per heavy atom. The van der Waals surface area contributed by atoms with E-state index in [1.807, 2.05) is 36.4 Å². The summed E-state index contributed by atoms with van der Waals surface area (Å²) in [6, 6.07) is 52.8. The van der Waals surface area contributed by atoms with Gasteiger partial charge in [0, 0.05) is 0 Å². The quantitative estimate of drug-likeness (QED) is 0.147. The van der Waals surface area contributed by atoms with Crippen molar-refractivity contribution in [1.29, 1.82) is 0 Å². The van der Waals surface area contributed by atoms with Gasteiger partial charge in [0.15, 0.2) is 0 Å². The number of hydrogen-bond acceptors (Lipinski definition) is 0. The Bertz CT molecular complexity index is 2240. The number of halogens is 4. The number of rotatable bonds is 6. The molecule has 0 saturated heterocycles. The van der Waals surface area contributed by atoms with E-state index in [9.17, 15) is 0 Å². The van der Waals surface area contributed by atoms with Crippen LogP contribution in [0.5, 0.6) is 0 Å². The summed E-state index contributed by atoms with van der Waals surface area (Å²) in [5.41, 5.74) is 9.13. The molecule has 0 amide bonds. The number of benzene rings is 6. The standard InChI is InChI=1S/C25H17.C13H8Cl2.C12H19.2ClH.Zr/c1-3-7-18(8-4-1)20-11-13-24-22(15-20)17-23-16-21(12-14-25(23)24)19-9-5-2-6-10-19;14-12-5-1-3-10(8-12)7-11-4-2-6-13(15)9-11;1-5-6-10-7-8-11(9-10)12(2,3)4;;;/h1-17H;1-6,8-9H;8-10H,5-6H2,1-4H3;2*1H;/q-1;;-1;;;+2/p-2. The van der Waals surface area contributed by atoms with Crippen molar-refractivity contribution in [2.75, 3.05) is 0 Å². The summed E-state index contributed by atoms with van der Waals surface area (Å²) in [6.07, 6.45) is 10.4. The van der Waals surface area contributed by atoms with Crippen LogP contribution >= 0.6 is 23.2 Å². The third kappa shape index (κ3) is 11.8. The van der Waals surface area contributed by atoms with Crippen molar-refractivity contribution in [3.05, 3.63) is 197 Å². The Hall–Kier alpha value is -3.42. The maximum atomic E-state index is 5.98. The molecular weight excluding hydrogens is 834 g/mol. The van der Waals surface area contributed by atoms with Crippen molar-refractivity contribution in [2.24, 2.45) is 11.3 Å². The van der Waals surface area contributed by atoms with Crippen LogP contribution in [-0.2, 0) is 24.2 Å². The molecule has 8 rings (SSSR count). The van der Waals surface area contributed by atoms with Crippen LogP contribution in [-0.4, -0.2) is 3.21 Å². The molecule has 1 aliphatic rings. The van der Waals surface area contributed by atoms with E-state index < -0.39 is 0 Å². The van der Waals surface area contributed by atoms with Crippen molar-refractivity contribution >= 4 is 48.0 Å². The van der Waals surface area contributed by atoms with Gasteiger partial charge in [0.05, 0.1) is 0 Å². The van der Waals surface area contributed by atoms with Crippen molar-refractivity contribution in [3.8, 4) is 22.3 Å². The average molecular weight is 878 g/mol. The summed E-state index contributed by atoms with van der Waals surface area (Å²) >= 11 is 13.3. The minimum absolute atomic E-state index is 0. The van der Waals surface area contributed by atoms with Gasteiger partial charge in [0.2, 0.25) is 0 Å². The topological polar surface area (TPSA) is 0 Å². The van der Waals surface area contributed by atoms with Gasteiger partial charge in [0.1, 0.15) is 0 Å². The van der Waals surface area contributed by atoms with Crippen LogP contribution in [0.25, 0.3) is 43.8 Å². The molecule has 5 heteroatoms. The second kappa shape index (κ2) is 20.7. The van der Waals surface area contributed by atoms with E-state index >= 15 is 0 Å². The molecule has 0 N–H and O–H groups in total. The van der Waals surface area contributed by atoms with Gasteiger partial charge in [0.25, 0.3) is 0 Å². The molecule has 0 heterocycles. The van der Waals surface area contributed by atoms with Crippen molar-refractivity contribution < 1.29 is 49.0 Å². The first-order valence-corrected chi connectivity index (χ1v) is 20.2. The van der Waals surface area contributed by atoms with Gasteiger partial charge in [-0.3, -0.25) is 6.08 Å². The van der Waals surface area contributed by atoms with E-state index in [1.165, 1.54) is 89.7 Å². The smallest absolute Gasteiger partial charge is 0.0259 e. The van der Waals surface area contributed by atoms with Crippen LogP contribution in [0.1, 0.15) is 51.7 Å². The summed E-state index contributed by atoms with van der Waals surface area (Å²) in [6.45, 7) is 8.99. The maximum absolute atomic E-state index is 5.98. The summed E-state index contributed by atoms with van der Waals surface area (Å²) in [5, 5.41) is 6.80. The van der Waals surface area contributed by atoms with Crippen molar-refractivity contribution in [3.63, 3.8) is 0 Å². The summed E-state index contributed by atoms with van der Waals surface area (Å²) < 4.78 is 1.26. The minimum Gasteiger partial charge on any atom is -1.00 e. The van der Waals surface area contributed by atoms with Gasteiger partial charge in [-0.1, -0.05) is 148 Å². The van der Waals surface area contributed by atoms with Crippen LogP contribution in [0.4, 0.5) is 0 Å². The molecule has 278 valence electrons. The maximum Gasteiger partial charge on any atom is -0.0259 e. The van der Waals surface area contributed by atoms with Gasteiger partial charge in [-0.05, 0) is 11.1 Å². The zero-order valence-corrected chi connectivity index (χ0v) is 37.1. The average Bonchev–Trinajstić information content (AvgIpc) is 3.80. The molecule has 0 radical (unpaired) electrons. The fourth-order valence-corrected chi connectivity index (χ4v) is 7.70. The molecule has 0 spiro atoms. The third-order valence-electron chi connectivity index (χ3n) is 9.44. The summed E-state index contributed by atoms with van der Waals surface area (Å²) in [7, 11) is 0. The van der Waals surface area contributed by atoms with E-state index in [2.05, 4.69) is 161 Å². The zero-order valence-electron chi connectivity index (χ0n) is 31.6. The fraction of sp³-hybridized carbons (Fsp3) is 0.160. The predicted molar refractivity (Wildman–Crippen MR) is 228 cm³/mol. The molecule has 0 fully saturated rings. The van der Waals surface area contributed by atoms with E-state index in [4.69, 9.17) is 23.2 Å². The molecule has 1 atom stereocenters. The van der Waals surface area contributed by atoms with Crippen LogP contribution in [0.2, 0.25) is 10.0 Å². The molecule has 0 nitrogen and oxygen atoms in total. The fourth-order valence-electron chi connectivity index (χ4n) is 6.55. The predicted octanol–water partition coefficient (Wildman–Crippen LogP) is 8.91. The molecule has 1 unspecified atom stereocenters. The molecule has 0 aromatic heterocycles. The molecule has 55 heavy (non-hydrogen) atoms. The Balaban J connectivity index is 0.000000195. The van der Waals surface area contributed by atoms with Gasteiger partial charge in [-0.25, -0.2) is 6.08 Å². The van der Waals surface area contributed by atoms with E-state index in [1.54, 1.807) is 0 Å². The van der Waals surface area contributed by atoms with Gasteiger partial charge >= 0.3 is 120 Å². The number of hydrogen-bond donors (Lipinski definition) is 0. The Morgan fingerprint density at radius 3 is 1.49 bits per heavy atom. The molecule has 7 aromatic carbocycles. The van der Waals surface area contributed by atoms with Crippen LogP contribution in [0, 0.1) is 17.4 Å². The second-order valence-electron chi connectivity index (χ2n) is 14.5. The number of fused-ring (bicyclic) bond motifs is 3. The van der Waals surface area contributed by atoms with E-state index in [-0.39, 0.29) is 24.8 Å². The summed E-state index contributed by atoms with van der Waals surface area (Å²) in [5.74, 6) is 0.587. The Morgan fingerprint density at radius 2 is 1.09 bits per heavy atom. The summed E-state index contributed by atoms with van der Waals surface area (Å²) in [4.78, 5) is 0. The van der Waals surface area contributed by atoms with Gasteiger partial charge < -0.3 is 24.8 Å². The zero-order chi connectivity index (χ0) is 37.4.